The fraction of sp³-hybridized carbons (Fsp3) is 0.533. The number of thioether (sulfide) groups is 1. The van der Waals surface area contributed by atoms with Gasteiger partial charge >= 0.3 is 0 Å². The van der Waals surface area contributed by atoms with E-state index in [2.05, 4.69) is 5.32 Å². The van der Waals surface area contributed by atoms with Crippen molar-refractivity contribution in [1.82, 2.24) is 5.32 Å². The second kappa shape index (κ2) is 7.55. The van der Waals surface area contributed by atoms with Crippen LogP contribution < -0.4 is 14.8 Å². The van der Waals surface area contributed by atoms with Crippen LogP contribution in [0, 0.1) is 0 Å². The van der Waals surface area contributed by atoms with E-state index in [0.29, 0.717) is 23.6 Å². The molecule has 20 heavy (non-hydrogen) atoms. The molecule has 1 saturated heterocycles. The Morgan fingerprint density at radius 3 is 2.95 bits per heavy atom. The molecule has 1 unspecified atom stereocenters. The molecule has 0 radical (unpaired) electrons. The van der Waals surface area contributed by atoms with Crippen molar-refractivity contribution in [3.05, 3.63) is 23.8 Å². The molecule has 1 aliphatic heterocycles. The van der Waals surface area contributed by atoms with Crippen LogP contribution in [0.15, 0.2) is 18.2 Å². The number of methoxy groups -OCH3 is 1. The van der Waals surface area contributed by atoms with E-state index in [9.17, 15) is 4.79 Å². The maximum Gasteiger partial charge on any atom is 0.176 e. The Morgan fingerprint density at radius 1 is 1.45 bits per heavy atom. The van der Waals surface area contributed by atoms with Crippen molar-refractivity contribution >= 4 is 17.5 Å². The van der Waals surface area contributed by atoms with Gasteiger partial charge in [-0.1, -0.05) is 0 Å². The van der Waals surface area contributed by atoms with Crippen molar-refractivity contribution in [1.29, 1.82) is 0 Å². The molecule has 5 heteroatoms. The van der Waals surface area contributed by atoms with E-state index in [4.69, 9.17) is 9.47 Å². The average molecular weight is 295 g/mol. The number of ether oxygens (including phenoxy) is 2. The van der Waals surface area contributed by atoms with Crippen LogP contribution in [0.3, 0.4) is 0 Å². The number of carbonyl (C=O) groups is 1. The lowest BCUT2D eigenvalue weighted by molar-refractivity contribution is 0.0992. The average Bonchev–Trinajstić information content (AvgIpc) is 2.48. The zero-order valence-electron chi connectivity index (χ0n) is 12.0. The Labute approximate surface area is 124 Å². The van der Waals surface area contributed by atoms with Crippen LogP contribution in [-0.4, -0.2) is 44.1 Å². The van der Waals surface area contributed by atoms with Crippen molar-refractivity contribution in [3.63, 3.8) is 0 Å². The van der Waals surface area contributed by atoms with E-state index < -0.39 is 0 Å². The number of ketones is 1. The van der Waals surface area contributed by atoms with E-state index in [1.807, 2.05) is 11.8 Å². The summed E-state index contributed by atoms with van der Waals surface area (Å²) < 4.78 is 11.4. The molecule has 0 saturated carbocycles. The highest BCUT2D eigenvalue weighted by atomic mass is 32.2. The molecular weight excluding hydrogens is 274 g/mol. The third-order valence-electron chi connectivity index (χ3n) is 3.24. The molecule has 4 nitrogen and oxygen atoms in total. The molecule has 1 heterocycles. The molecule has 0 bridgehead atoms. The van der Waals surface area contributed by atoms with Gasteiger partial charge in [-0.25, -0.2) is 0 Å². The first kappa shape index (κ1) is 15.2. The van der Waals surface area contributed by atoms with Crippen LogP contribution >= 0.6 is 11.8 Å². The van der Waals surface area contributed by atoms with Crippen molar-refractivity contribution in [3.8, 4) is 11.5 Å². The summed E-state index contributed by atoms with van der Waals surface area (Å²) in [6.45, 7) is 0.324. The highest BCUT2D eigenvalue weighted by Crippen LogP contribution is 2.31. The largest absolute Gasteiger partial charge is 0.493 e. The maximum atomic E-state index is 11.9. The molecule has 1 aromatic rings. The van der Waals surface area contributed by atoms with Crippen LogP contribution in [-0.2, 0) is 0 Å². The summed E-state index contributed by atoms with van der Waals surface area (Å²) in [5.41, 5.74) is 0.651. The number of carbonyl (C=O) groups excluding carboxylic acids is 1. The molecule has 2 rings (SSSR count). The Hall–Kier alpha value is -1.20. The summed E-state index contributed by atoms with van der Waals surface area (Å²) in [6.07, 6.45) is 2.44. The predicted octanol–water partition coefficient (Wildman–Crippen LogP) is 2.37. The molecule has 1 N–H and O–H groups in total. The minimum absolute atomic E-state index is 0.0537. The van der Waals surface area contributed by atoms with Gasteiger partial charge in [0.1, 0.15) is 6.10 Å². The number of benzene rings is 1. The predicted molar refractivity (Wildman–Crippen MR) is 82.2 cm³/mol. The second-order valence-electron chi connectivity index (χ2n) is 4.78. The Kier molecular flexibility index (Phi) is 5.73. The van der Waals surface area contributed by atoms with Gasteiger partial charge in [0, 0.05) is 11.3 Å². The van der Waals surface area contributed by atoms with Crippen LogP contribution in [0.25, 0.3) is 0 Å². The number of likely N-dealkylation sites (N-methyl/N-ethyl adjacent to an activating group) is 1. The zero-order chi connectivity index (χ0) is 14.4. The molecule has 1 fully saturated rings. The molecule has 110 valence electrons. The Bertz CT molecular complexity index is 458. The topological polar surface area (TPSA) is 47.6 Å². The smallest absolute Gasteiger partial charge is 0.176 e. The monoisotopic (exact) mass is 295 g/mol. The molecule has 1 atom stereocenters. The van der Waals surface area contributed by atoms with Crippen LogP contribution in [0.4, 0.5) is 0 Å². The summed E-state index contributed by atoms with van der Waals surface area (Å²) in [5.74, 6) is 3.61. The Morgan fingerprint density at radius 2 is 2.30 bits per heavy atom. The van der Waals surface area contributed by atoms with Crippen molar-refractivity contribution in [2.24, 2.45) is 0 Å². The lowest BCUT2D eigenvalue weighted by atomic mass is 10.1. The SMILES string of the molecule is CNCC(=O)c1ccc(OC)c(OC2CCCSC2)c1. The fourth-order valence-corrected chi connectivity index (χ4v) is 3.22. The van der Waals surface area contributed by atoms with E-state index >= 15 is 0 Å². The molecular formula is C15H21NO3S. The third kappa shape index (κ3) is 3.90. The van der Waals surface area contributed by atoms with E-state index in [0.717, 1.165) is 12.2 Å². The van der Waals surface area contributed by atoms with Gasteiger partial charge in [0.15, 0.2) is 17.3 Å². The molecule has 0 aliphatic carbocycles. The minimum atomic E-state index is 0.0537. The normalized spacial score (nSPS) is 18.6. The molecule has 0 spiro atoms. The zero-order valence-corrected chi connectivity index (χ0v) is 12.8. The van der Waals surface area contributed by atoms with E-state index in [-0.39, 0.29) is 11.9 Å². The minimum Gasteiger partial charge on any atom is -0.493 e. The second-order valence-corrected chi connectivity index (χ2v) is 5.93. The van der Waals surface area contributed by atoms with Gasteiger partial charge in [0.2, 0.25) is 0 Å². The summed E-state index contributed by atoms with van der Waals surface area (Å²) in [6, 6.07) is 5.37. The number of hydrogen-bond donors (Lipinski definition) is 1. The van der Waals surface area contributed by atoms with Crippen molar-refractivity contribution in [2.45, 2.75) is 18.9 Å². The number of hydrogen-bond acceptors (Lipinski definition) is 5. The van der Waals surface area contributed by atoms with Crippen molar-refractivity contribution in [2.75, 3.05) is 32.2 Å². The first-order valence-corrected chi connectivity index (χ1v) is 8.00. The fourth-order valence-electron chi connectivity index (χ4n) is 2.19. The summed E-state index contributed by atoms with van der Waals surface area (Å²) in [4.78, 5) is 11.9. The first-order valence-electron chi connectivity index (χ1n) is 6.85. The van der Waals surface area contributed by atoms with Gasteiger partial charge in [0.25, 0.3) is 0 Å². The quantitative estimate of drug-likeness (QED) is 0.817. The van der Waals surface area contributed by atoms with Gasteiger partial charge in [-0.05, 0) is 43.8 Å². The van der Waals surface area contributed by atoms with Gasteiger partial charge in [-0.2, -0.15) is 11.8 Å². The molecule has 1 aliphatic rings. The number of rotatable bonds is 6. The lowest BCUT2D eigenvalue weighted by Crippen LogP contribution is -2.24. The van der Waals surface area contributed by atoms with Crippen LogP contribution in [0.2, 0.25) is 0 Å². The molecule has 0 aromatic heterocycles. The highest BCUT2D eigenvalue weighted by Gasteiger charge is 2.18. The highest BCUT2D eigenvalue weighted by molar-refractivity contribution is 7.99. The first-order chi connectivity index (χ1) is 9.74. The summed E-state index contributed by atoms with van der Waals surface area (Å²) >= 11 is 1.91. The number of nitrogens with one attached hydrogen (secondary N) is 1. The van der Waals surface area contributed by atoms with E-state index in [1.54, 1.807) is 32.4 Å². The van der Waals surface area contributed by atoms with Gasteiger partial charge in [0.05, 0.1) is 13.7 Å². The molecule has 0 amide bonds. The van der Waals surface area contributed by atoms with Gasteiger partial charge < -0.3 is 14.8 Å². The molecule has 1 aromatic carbocycles. The van der Waals surface area contributed by atoms with Crippen molar-refractivity contribution < 1.29 is 14.3 Å². The van der Waals surface area contributed by atoms with Gasteiger partial charge in [-0.3, -0.25) is 4.79 Å². The van der Waals surface area contributed by atoms with Crippen LogP contribution in [0.1, 0.15) is 23.2 Å². The number of Topliss-reactive ketones (excluding diaryl/α,β-unsaturated/α-hetero) is 1. The van der Waals surface area contributed by atoms with Gasteiger partial charge in [-0.15, -0.1) is 0 Å². The Balaban J connectivity index is 2.15. The van der Waals surface area contributed by atoms with E-state index in [1.165, 1.54) is 12.2 Å². The van der Waals surface area contributed by atoms with Crippen LogP contribution in [0.5, 0.6) is 11.5 Å². The standard InChI is InChI=1S/C15H21NO3S/c1-16-9-13(17)11-5-6-14(18-2)15(8-11)19-12-4-3-7-20-10-12/h5-6,8,12,16H,3-4,7,9-10H2,1-2H3. The third-order valence-corrected chi connectivity index (χ3v) is 4.42. The summed E-state index contributed by atoms with van der Waals surface area (Å²) in [5, 5.41) is 2.87. The maximum absolute atomic E-state index is 11.9. The summed E-state index contributed by atoms with van der Waals surface area (Å²) in [7, 11) is 3.38. The lowest BCUT2D eigenvalue weighted by Gasteiger charge is -2.24.